The van der Waals surface area contributed by atoms with Crippen LogP contribution in [0.4, 0.5) is 0 Å². The highest BCUT2D eigenvalue weighted by atomic mass is 32.2. The number of amidine groups is 1. The van der Waals surface area contributed by atoms with E-state index in [1.807, 2.05) is 45.8 Å². The Bertz CT molecular complexity index is 1370. The van der Waals surface area contributed by atoms with Gasteiger partial charge in [0.05, 0.1) is 33.9 Å². The molecule has 3 N–H and O–H groups in total. The van der Waals surface area contributed by atoms with Crippen molar-refractivity contribution in [1.29, 1.82) is 0 Å². The van der Waals surface area contributed by atoms with Crippen molar-refractivity contribution in [2.75, 3.05) is 19.6 Å². The van der Waals surface area contributed by atoms with Crippen LogP contribution in [0.25, 0.3) is 16.9 Å². The number of nitrogens with two attached hydrogens (primary N) is 1. The molecule has 6 rings (SSSR count). The molecule has 10 nitrogen and oxygen atoms in total. The molecule has 2 unspecified atom stereocenters. The van der Waals surface area contributed by atoms with Gasteiger partial charge in [-0.3, -0.25) is 19.5 Å². The Morgan fingerprint density at radius 2 is 2.11 bits per heavy atom. The van der Waals surface area contributed by atoms with Gasteiger partial charge in [0, 0.05) is 32.0 Å². The molecule has 180 valence electrons. The lowest BCUT2D eigenvalue weighted by molar-refractivity contribution is -0.147. The van der Waals surface area contributed by atoms with Gasteiger partial charge >= 0.3 is 0 Å². The lowest BCUT2D eigenvalue weighted by Gasteiger charge is -2.53. The maximum atomic E-state index is 13.9. The Hall–Kier alpha value is -3.60. The average Bonchev–Trinajstić information content (AvgIpc) is 3.61. The zero-order valence-electron chi connectivity index (χ0n) is 19.2. The number of nitrogens with zero attached hydrogens (tertiary/aromatic N) is 5. The van der Waals surface area contributed by atoms with Crippen LogP contribution in [0.1, 0.15) is 30.1 Å². The summed E-state index contributed by atoms with van der Waals surface area (Å²) in [4.78, 5) is 46.5. The molecule has 0 bridgehead atoms. The molecular weight excluding hydrogens is 466 g/mol. The van der Waals surface area contributed by atoms with Crippen LogP contribution in [0, 0.1) is 5.92 Å². The summed E-state index contributed by atoms with van der Waals surface area (Å²) >= 11 is 1.15. The van der Waals surface area contributed by atoms with Gasteiger partial charge in [0.15, 0.2) is 5.17 Å². The number of fused-ring (bicyclic) bond motifs is 1. The number of pyridine rings is 1. The number of likely N-dealkylation sites (tertiary alicyclic amines) is 2. The van der Waals surface area contributed by atoms with Crippen LogP contribution in [-0.4, -0.2) is 77.7 Å². The largest absolute Gasteiger partial charge is 0.378 e. The number of rotatable bonds is 4. The number of H-pyrrole nitrogens is 1. The van der Waals surface area contributed by atoms with Gasteiger partial charge < -0.3 is 19.9 Å². The molecular formula is C24H25N7O3S. The summed E-state index contributed by atoms with van der Waals surface area (Å²) in [5.74, 6) is -0.996. The van der Waals surface area contributed by atoms with E-state index in [4.69, 9.17) is 5.73 Å². The standard InChI is InChI=1S/C24H25N7O3S/c1-14(19-20(32)27-23(25)35-19)21(33)29-12-24(13-29)7-4-10-31(24)22(34)15-11-18(16-6-8-26-28-16)30-9-3-2-5-17(15)30/h2-3,5-6,8-9,11,14,19H,4,7,10,12-13H2,1H3,(H,26,28)(H2,25,27,32). The number of hydrogen-bond acceptors (Lipinski definition) is 6. The van der Waals surface area contributed by atoms with Gasteiger partial charge in [-0.15, -0.1) is 0 Å². The van der Waals surface area contributed by atoms with Gasteiger partial charge in [-0.1, -0.05) is 24.8 Å². The molecule has 11 heteroatoms. The van der Waals surface area contributed by atoms with Crippen molar-refractivity contribution in [3.05, 3.63) is 48.3 Å². The number of aromatic amines is 1. The van der Waals surface area contributed by atoms with E-state index < -0.39 is 11.2 Å². The highest BCUT2D eigenvalue weighted by Crippen LogP contribution is 2.41. The molecule has 2 fully saturated rings. The van der Waals surface area contributed by atoms with Gasteiger partial charge in [0.25, 0.3) is 11.8 Å². The minimum absolute atomic E-state index is 0.0280. The van der Waals surface area contributed by atoms with Crippen LogP contribution in [0.5, 0.6) is 0 Å². The maximum Gasteiger partial charge on any atom is 0.262 e. The van der Waals surface area contributed by atoms with E-state index in [0.29, 0.717) is 25.2 Å². The van der Waals surface area contributed by atoms with Gasteiger partial charge in [-0.25, -0.2) is 0 Å². The van der Waals surface area contributed by atoms with E-state index in [0.717, 1.165) is 41.5 Å². The van der Waals surface area contributed by atoms with Crippen molar-refractivity contribution in [3.63, 3.8) is 0 Å². The van der Waals surface area contributed by atoms with Crippen LogP contribution >= 0.6 is 11.8 Å². The molecule has 3 aliphatic rings. The van der Waals surface area contributed by atoms with Gasteiger partial charge in [-0.05, 0) is 37.1 Å². The molecule has 3 aromatic rings. The van der Waals surface area contributed by atoms with Crippen LogP contribution in [0.15, 0.2) is 47.7 Å². The average molecular weight is 492 g/mol. The summed E-state index contributed by atoms with van der Waals surface area (Å²) < 4.78 is 1.99. The van der Waals surface area contributed by atoms with Crippen molar-refractivity contribution < 1.29 is 14.4 Å². The quantitative estimate of drug-likeness (QED) is 0.572. The number of thioether (sulfide) groups is 1. The molecule has 3 amide bonds. The lowest BCUT2D eigenvalue weighted by Crippen LogP contribution is -2.70. The van der Waals surface area contributed by atoms with E-state index in [2.05, 4.69) is 15.2 Å². The maximum absolute atomic E-state index is 13.9. The highest BCUT2D eigenvalue weighted by Gasteiger charge is 2.55. The van der Waals surface area contributed by atoms with Gasteiger partial charge in [0.2, 0.25) is 5.91 Å². The fourth-order valence-corrected chi connectivity index (χ4v) is 6.47. The SMILES string of the molecule is CC(C(=O)N1CC2(CCCN2C(=O)c2cc(-c3ccn[nH]3)n3ccccc23)C1)C1SC(N)=NC1=O. The van der Waals surface area contributed by atoms with E-state index in [9.17, 15) is 14.4 Å². The van der Waals surface area contributed by atoms with Crippen molar-refractivity contribution >= 4 is 40.2 Å². The second-order valence-corrected chi connectivity index (χ2v) is 10.6. The van der Waals surface area contributed by atoms with Crippen molar-refractivity contribution in [2.45, 2.75) is 30.6 Å². The van der Waals surface area contributed by atoms with Crippen LogP contribution < -0.4 is 5.73 Å². The first-order valence-corrected chi connectivity index (χ1v) is 12.5. The topological polar surface area (TPSA) is 129 Å². The third-order valence-corrected chi connectivity index (χ3v) is 8.56. The number of hydrogen-bond donors (Lipinski definition) is 2. The summed E-state index contributed by atoms with van der Waals surface area (Å²) in [7, 11) is 0. The summed E-state index contributed by atoms with van der Waals surface area (Å²) in [6.45, 7) is 3.35. The number of carbonyl (C=O) groups is 3. The molecule has 3 aliphatic heterocycles. The van der Waals surface area contributed by atoms with Gasteiger partial charge in [-0.2, -0.15) is 10.1 Å². The zero-order chi connectivity index (χ0) is 24.3. The van der Waals surface area contributed by atoms with E-state index >= 15 is 0 Å². The number of carbonyl (C=O) groups excluding carboxylic acids is 3. The summed E-state index contributed by atoms with van der Waals surface area (Å²) in [5.41, 5.74) is 8.47. The Morgan fingerprint density at radius 1 is 1.29 bits per heavy atom. The Balaban J connectivity index is 1.23. The van der Waals surface area contributed by atoms with Crippen molar-refractivity contribution in [3.8, 4) is 11.4 Å². The fraction of sp³-hybridized carbons (Fsp3) is 0.375. The Kier molecular flexibility index (Phi) is 4.99. The van der Waals surface area contributed by atoms with Crippen LogP contribution in [-0.2, 0) is 9.59 Å². The Morgan fingerprint density at radius 3 is 2.83 bits per heavy atom. The summed E-state index contributed by atoms with van der Waals surface area (Å²) in [6, 6.07) is 9.59. The minimum Gasteiger partial charge on any atom is -0.378 e. The molecule has 0 aromatic carbocycles. The number of aliphatic imine (C=N–C) groups is 1. The van der Waals surface area contributed by atoms with E-state index in [1.165, 1.54) is 0 Å². The number of nitrogens with one attached hydrogen (secondary N) is 1. The number of aromatic nitrogens is 3. The molecule has 2 saturated heterocycles. The van der Waals surface area contributed by atoms with Gasteiger partial charge in [0.1, 0.15) is 5.25 Å². The van der Waals surface area contributed by atoms with Crippen molar-refractivity contribution in [1.82, 2.24) is 24.4 Å². The normalized spacial score (nSPS) is 22.0. The molecule has 6 heterocycles. The van der Waals surface area contributed by atoms with Crippen molar-refractivity contribution in [2.24, 2.45) is 16.6 Å². The highest BCUT2D eigenvalue weighted by molar-refractivity contribution is 8.15. The van der Waals surface area contributed by atoms with Crippen LogP contribution in [0.3, 0.4) is 0 Å². The predicted octanol–water partition coefficient (Wildman–Crippen LogP) is 1.74. The van der Waals surface area contributed by atoms with E-state index in [-0.39, 0.29) is 28.4 Å². The third-order valence-electron chi connectivity index (χ3n) is 7.36. The number of amides is 3. The zero-order valence-corrected chi connectivity index (χ0v) is 20.0. The summed E-state index contributed by atoms with van der Waals surface area (Å²) in [5, 5.41) is 6.67. The molecule has 2 atom stereocenters. The van der Waals surface area contributed by atoms with Crippen LogP contribution in [0.2, 0.25) is 0 Å². The Labute approximate surface area is 205 Å². The minimum atomic E-state index is -0.575. The molecule has 0 aliphatic carbocycles. The molecule has 35 heavy (non-hydrogen) atoms. The first kappa shape index (κ1) is 21.9. The second kappa shape index (κ2) is 7.98. The monoisotopic (exact) mass is 491 g/mol. The smallest absolute Gasteiger partial charge is 0.262 e. The first-order valence-electron chi connectivity index (χ1n) is 11.6. The first-order chi connectivity index (χ1) is 16.9. The second-order valence-electron chi connectivity index (χ2n) is 9.46. The molecule has 3 aromatic heterocycles. The van der Waals surface area contributed by atoms with E-state index in [1.54, 1.807) is 18.0 Å². The molecule has 0 saturated carbocycles. The molecule has 1 spiro atoms. The lowest BCUT2D eigenvalue weighted by atomic mass is 9.85. The third kappa shape index (κ3) is 3.36. The predicted molar refractivity (Wildman–Crippen MR) is 132 cm³/mol. The summed E-state index contributed by atoms with van der Waals surface area (Å²) in [6.07, 6.45) is 5.37. The molecule has 0 radical (unpaired) electrons. The fourth-order valence-electron chi connectivity index (χ4n) is 5.59.